The minimum Gasteiger partial charge on any atom is -0.497 e. The van der Waals surface area contributed by atoms with Gasteiger partial charge in [-0.2, -0.15) is 11.8 Å². The molecular weight excluding hydrogens is 1450 g/mol. The summed E-state index contributed by atoms with van der Waals surface area (Å²) in [4.78, 5) is 200. The molecule has 2 aromatic carbocycles. The lowest BCUT2D eigenvalue weighted by molar-refractivity contribution is -0.143. The van der Waals surface area contributed by atoms with Gasteiger partial charge in [-0.3, -0.25) is 67.3 Å². The molecule has 108 heavy (non-hydrogen) atoms. The van der Waals surface area contributed by atoms with Crippen molar-refractivity contribution in [2.45, 2.75) is 225 Å². The van der Waals surface area contributed by atoms with E-state index in [1.54, 1.807) is 54.6 Å². The fourth-order valence-corrected chi connectivity index (χ4v) is 18.8. The Morgan fingerprint density at radius 2 is 1.27 bits per heavy atom. The molecule has 20 N–H and O–H groups in total. The van der Waals surface area contributed by atoms with Gasteiger partial charge in [0.05, 0.1) is 32.2 Å². The number of carbonyl (C=O) groups is 14. The molecule has 10 unspecified atom stereocenters. The number of hydrogen-bond donors (Lipinski definition) is 15. The van der Waals surface area contributed by atoms with E-state index in [2.05, 4.69) is 58.2 Å². The lowest BCUT2D eigenvalue weighted by Gasteiger charge is -2.37. The van der Waals surface area contributed by atoms with Crippen molar-refractivity contribution in [3.63, 3.8) is 0 Å². The van der Waals surface area contributed by atoms with Crippen LogP contribution < -0.4 is 86.6 Å². The number of aliphatic imine (C=N–C) groups is 1. The maximum atomic E-state index is 15.4. The lowest BCUT2D eigenvalue weighted by atomic mass is 9.85. The van der Waals surface area contributed by atoms with Crippen LogP contribution >= 0.6 is 33.3 Å². The molecule has 1 spiro atoms. The third-order valence-electron chi connectivity index (χ3n) is 19.6. The predicted octanol–water partition coefficient (Wildman–Crippen LogP) is -0.325. The molecule has 5 fully saturated rings. The minimum atomic E-state index is -1.81. The summed E-state index contributed by atoms with van der Waals surface area (Å²) < 4.78 is 4.58. The molecule has 7 rings (SSSR count). The average Bonchev–Trinajstić information content (AvgIpc) is 1.58. The number of likely N-dealkylation sites (tertiary alicyclic amines) is 1. The van der Waals surface area contributed by atoms with E-state index in [4.69, 9.17) is 33.4 Å². The summed E-state index contributed by atoms with van der Waals surface area (Å²) in [5, 5.41) is 28.5. The van der Waals surface area contributed by atoms with Gasteiger partial charge < -0.3 is 96.4 Å². The first-order valence-electron chi connectivity index (χ1n) is 37.3. The van der Waals surface area contributed by atoms with E-state index in [1.165, 1.54) is 38.5 Å². The highest BCUT2D eigenvalue weighted by molar-refractivity contribution is 8.77. The van der Waals surface area contributed by atoms with Gasteiger partial charge in [-0.05, 0) is 107 Å². The van der Waals surface area contributed by atoms with Crippen LogP contribution in [0.2, 0.25) is 0 Å². The zero-order valence-corrected chi connectivity index (χ0v) is 63.8. The first-order valence-corrected chi connectivity index (χ1v) is 40.7. The fraction of sp³-hybridized carbons (Fsp3) is 0.625. The summed E-state index contributed by atoms with van der Waals surface area (Å²) in [6.45, 7) is 0.254. The van der Waals surface area contributed by atoms with Crippen LogP contribution in [0.3, 0.4) is 0 Å². The molecule has 5 aliphatic rings. The highest BCUT2D eigenvalue weighted by Crippen LogP contribution is 2.48. The van der Waals surface area contributed by atoms with Gasteiger partial charge in [0.2, 0.25) is 76.8 Å². The van der Waals surface area contributed by atoms with Crippen molar-refractivity contribution in [2.24, 2.45) is 33.7 Å². The molecule has 4 saturated heterocycles. The van der Waals surface area contributed by atoms with Crippen LogP contribution in [-0.4, -0.2) is 221 Å². The molecule has 0 bridgehead atoms. The van der Waals surface area contributed by atoms with Gasteiger partial charge >= 0.3 is 6.03 Å². The van der Waals surface area contributed by atoms with Crippen molar-refractivity contribution >= 4 is 122 Å². The van der Waals surface area contributed by atoms with Crippen LogP contribution in [0.1, 0.15) is 159 Å². The number of rotatable bonds is 36. The number of guanidine groups is 1. The number of benzene rings is 2. The minimum absolute atomic E-state index is 0.00409. The molecule has 2 aromatic rings. The number of thioether (sulfide) groups is 1. The zero-order valence-electron chi connectivity index (χ0n) is 61.4. The van der Waals surface area contributed by atoms with Crippen LogP contribution in [0.4, 0.5) is 4.79 Å². The van der Waals surface area contributed by atoms with Gasteiger partial charge in [0.1, 0.15) is 48.0 Å². The average molecular weight is 1560 g/mol. The van der Waals surface area contributed by atoms with Gasteiger partial charge in [-0.15, -0.1) is 0 Å². The van der Waals surface area contributed by atoms with Crippen LogP contribution in [0, 0.1) is 0 Å². The summed E-state index contributed by atoms with van der Waals surface area (Å²) in [5.41, 5.74) is 29.4. The second kappa shape index (κ2) is 44.4. The van der Waals surface area contributed by atoms with E-state index < -0.39 is 138 Å². The summed E-state index contributed by atoms with van der Waals surface area (Å²) in [7, 11) is 3.99. The second-order valence-corrected chi connectivity index (χ2v) is 32.2. The number of hydrogen-bond acceptors (Lipinski definition) is 19. The van der Waals surface area contributed by atoms with E-state index in [-0.39, 0.29) is 119 Å². The van der Waals surface area contributed by atoms with Crippen molar-refractivity contribution in [1.29, 1.82) is 0 Å². The van der Waals surface area contributed by atoms with Gasteiger partial charge in [0.25, 0.3) is 0 Å². The monoisotopic (exact) mass is 1560 g/mol. The third-order valence-corrected chi connectivity index (χ3v) is 24.4. The number of urea groups is 1. The number of primary amides is 3. The second-order valence-electron chi connectivity index (χ2n) is 28.1. The lowest BCUT2D eigenvalue weighted by Crippen LogP contribution is -2.61. The third kappa shape index (κ3) is 28.8. The maximum Gasteiger partial charge on any atom is 0.315 e. The normalized spacial score (nSPS) is 22.9. The van der Waals surface area contributed by atoms with Gasteiger partial charge in [-0.1, -0.05) is 96.2 Å². The molecule has 594 valence electrons. The molecule has 33 nitrogen and oxygen atoms in total. The number of nitrogens with two attached hydrogens (primary N) is 5. The van der Waals surface area contributed by atoms with Crippen molar-refractivity contribution in [2.75, 3.05) is 57.9 Å². The smallest absolute Gasteiger partial charge is 0.315 e. The topological polar surface area (TPSA) is 517 Å². The molecular formula is C72H108N18O15S3. The van der Waals surface area contributed by atoms with E-state index in [0.717, 1.165) is 44.3 Å². The highest BCUT2D eigenvalue weighted by atomic mass is 33.1. The molecule has 0 aromatic heterocycles. The molecule has 36 heteroatoms. The number of ether oxygens (including phenoxy) is 1. The van der Waals surface area contributed by atoms with E-state index in [9.17, 15) is 62.3 Å². The predicted molar refractivity (Wildman–Crippen MR) is 409 cm³/mol. The number of nitrogens with one attached hydrogen (secondary N) is 10. The van der Waals surface area contributed by atoms with Gasteiger partial charge in [0.15, 0.2) is 5.96 Å². The Labute approximate surface area is 641 Å². The van der Waals surface area contributed by atoms with E-state index in [1.807, 2.05) is 11.8 Å². The Morgan fingerprint density at radius 3 is 1.93 bits per heavy atom. The molecule has 15 amide bonds. The fourth-order valence-electron chi connectivity index (χ4n) is 13.9. The van der Waals surface area contributed by atoms with E-state index >= 15 is 4.79 Å². The van der Waals surface area contributed by atoms with Crippen LogP contribution in [0.15, 0.2) is 59.6 Å². The first-order chi connectivity index (χ1) is 51.8. The number of carbonyl (C=O) groups excluding carboxylic acids is 14. The van der Waals surface area contributed by atoms with Crippen molar-refractivity contribution in [3.05, 3.63) is 65.7 Å². The zero-order chi connectivity index (χ0) is 78.1. The molecule has 4 aliphatic heterocycles. The Balaban J connectivity index is 1.03. The maximum absolute atomic E-state index is 15.4. The molecule has 0 radical (unpaired) electrons. The number of amides is 15. The molecule has 4 heterocycles. The largest absolute Gasteiger partial charge is 0.497 e. The van der Waals surface area contributed by atoms with Crippen LogP contribution in [0.5, 0.6) is 5.75 Å². The summed E-state index contributed by atoms with van der Waals surface area (Å²) in [6.07, 6.45) is 7.89. The number of methoxy groups -OCH3 is 1. The Hall–Kier alpha value is -9.06. The van der Waals surface area contributed by atoms with Crippen LogP contribution in [-0.2, 0) is 75.2 Å². The van der Waals surface area contributed by atoms with Crippen molar-refractivity contribution in [1.82, 2.24) is 63.0 Å². The summed E-state index contributed by atoms with van der Waals surface area (Å²) >= 11 is 1.85. The number of nitrogens with zero attached hydrogens (tertiary/aromatic N) is 3. The molecule has 10 atom stereocenters. The molecule has 1 saturated carbocycles. The van der Waals surface area contributed by atoms with Gasteiger partial charge in [-0.25, -0.2) is 4.79 Å². The Kier molecular flexibility index (Phi) is 35.4. The number of unbranched alkanes of at least 4 members (excludes halogenated alkanes) is 4. The highest BCUT2D eigenvalue weighted by Gasteiger charge is 2.45. The molecule has 1 aliphatic carbocycles. The Morgan fingerprint density at radius 1 is 0.639 bits per heavy atom. The Bertz CT molecular complexity index is 3460. The summed E-state index contributed by atoms with van der Waals surface area (Å²) in [5.74, 6) is -8.46. The van der Waals surface area contributed by atoms with Crippen LogP contribution in [0.25, 0.3) is 0 Å². The van der Waals surface area contributed by atoms with Crippen molar-refractivity contribution in [3.8, 4) is 5.75 Å². The number of fused-ring (bicyclic) bond motifs is 1. The van der Waals surface area contributed by atoms with E-state index in [0.29, 0.717) is 80.0 Å². The van der Waals surface area contributed by atoms with Gasteiger partial charge in [0, 0.05) is 92.8 Å². The standard InChI is InChI=1S/C72H108N18O15S3/c1-105-46-26-24-45(25-27-46)38-49-64(98)84-50(37-44-17-5-2-6-18-44)65(99)82-47(28-29-56(73)91)63(97)85-51(39-57(74)92)66(100)86-53(43-107-108-72(40-61(96)81-49)30-10-4-11-31-72)69(103)90-36-16-20-54(90)67(101)83-48(19-15-34-80-70(76)77)68(102)89(41-58(75)93)35-14-13-33-79-59(94)22-7-3-12-32-78-60(95)23-9-8-21-55-62-52(42-106-55)87-71(104)88-62/h2,5-6,17-18,24-27,47-55,62H,3-4,7-16,19-23,28-43H2,1H3,(H2,73,91)(H2,74,92)(H2,75,93)(H,78,95)(H,79,94)(H,81,96)(H,82,99)(H,83,101)(H,84,98)(H,85,97)(H,86,100)(H4,76,77,80)(H2,87,88,104). The summed E-state index contributed by atoms with van der Waals surface area (Å²) in [6, 6.07) is 5.49. The first kappa shape index (κ1) is 86.2. The van der Waals surface area contributed by atoms with Crippen molar-refractivity contribution < 1.29 is 71.9 Å². The quantitative estimate of drug-likeness (QED) is 0.0137. The SMILES string of the molecule is COc1ccc(CC2NC(=O)CC3(CCCCC3)SSCC(C(=O)N3CCCC3C(=O)NC(CCCN=C(N)N)C(=O)N(CCCCNC(=O)CCCCCNC(=O)CCCCC3SCC4NC(=O)NC43)CC(N)=O)NC(=O)C(CC(N)=O)NC(=O)C(CCC(N)=O)NC(=O)C(Cc3ccccc3)NC2=O)cc1.